The van der Waals surface area contributed by atoms with E-state index in [-0.39, 0.29) is 23.7 Å². The van der Waals surface area contributed by atoms with Crippen LogP contribution in [0, 0.1) is 23.7 Å². The van der Waals surface area contributed by atoms with Crippen LogP contribution in [-0.2, 0) is 25.2 Å². The van der Waals surface area contributed by atoms with E-state index in [1.165, 1.54) is 0 Å². The molecular formula is C15H13NO5S. The zero-order valence-electron chi connectivity index (χ0n) is 11.5. The Morgan fingerprint density at radius 2 is 1.59 bits per heavy atom. The number of hydrogen-bond donors (Lipinski definition) is 0. The number of fused-ring (bicyclic) bond motifs is 5. The van der Waals surface area contributed by atoms with Crippen LogP contribution >= 0.6 is 0 Å². The van der Waals surface area contributed by atoms with Crippen molar-refractivity contribution >= 4 is 23.2 Å². The first-order valence-corrected chi connectivity index (χ1v) is 8.05. The molecule has 1 aromatic carbocycles. The fourth-order valence-corrected chi connectivity index (χ4v) is 4.15. The van der Waals surface area contributed by atoms with Crippen LogP contribution in [0.2, 0.25) is 0 Å². The quantitative estimate of drug-likeness (QED) is 0.619. The summed E-state index contributed by atoms with van der Waals surface area (Å²) >= 11 is -2.25. The van der Waals surface area contributed by atoms with Gasteiger partial charge in [0.05, 0.1) is 11.8 Å². The smallest absolute Gasteiger partial charge is 0.379 e. The first kappa shape index (κ1) is 13.7. The summed E-state index contributed by atoms with van der Waals surface area (Å²) < 4.78 is 21.9. The van der Waals surface area contributed by atoms with E-state index in [1.54, 1.807) is 30.3 Å². The van der Waals surface area contributed by atoms with Crippen molar-refractivity contribution < 1.29 is 22.3 Å². The molecule has 1 saturated carbocycles. The highest BCUT2D eigenvalue weighted by Crippen LogP contribution is 2.52. The second kappa shape index (κ2) is 5.03. The van der Waals surface area contributed by atoms with Crippen LogP contribution in [0.25, 0.3) is 0 Å². The Morgan fingerprint density at radius 3 is 2.18 bits per heavy atom. The van der Waals surface area contributed by atoms with Gasteiger partial charge in [0.1, 0.15) is 5.75 Å². The lowest BCUT2D eigenvalue weighted by Crippen LogP contribution is -2.34. The molecule has 2 bridgehead atoms. The zero-order chi connectivity index (χ0) is 15.3. The van der Waals surface area contributed by atoms with Gasteiger partial charge in [-0.2, -0.15) is 4.21 Å². The summed E-state index contributed by atoms with van der Waals surface area (Å²) in [6.45, 7) is 0. The molecule has 0 radical (unpaired) electrons. The number of carbonyl (C=O) groups excluding carboxylic acids is 2. The number of para-hydroxylation sites is 1. The lowest BCUT2D eigenvalue weighted by molar-refractivity contribution is -0.166. The maximum atomic E-state index is 12.3. The van der Waals surface area contributed by atoms with E-state index in [1.807, 2.05) is 12.2 Å². The minimum Gasteiger partial charge on any atom is -0.379 e. The maximum absolute atomic E-state index is 12.3. The molecule has 0 spiro atoms. The second-order valence-electron chi connectivity index (χ2n) is 5.65. The zero-order valence-corrected chi connectivity index (χ0v) is 12.3. The van der Waals surface area contributed by atoms with Gasteiger partial charge in [-0.15, -0.1) is 9.35 Å². The average Bonchev–Trinajstić information content (AvgIpc) is 3.18. The molecule has 3 aliphatic rings. The van der Waals surface area contributed by atoms with Gasteiger partial charge < -0.3 is 4.18 Å². The number of carbonyl (C=O) groups is 2. The molecule has 7 heteroatoms. The molecule has 1 aliphatic heterocycles. The fraction of sp³-hybridized carbons (Fsp3) is 0.333. The Morgan fingerprint density at radius 1 is 1.00 bits per heavy atom. The van der Waals surface area contributed by atoms with Crippen LogP contribution in [0.5, 0.6) is 5.75 Å². The summed E-state index contributed by atoms with van der Waals surface area (Å²) in [4.78, 5) is 24.7. The molecule has 5 atom stereocenters. The van der Waals surface area contributed by atoms with Gasteiger partial charge in [-0.1, -0.05) is 30.4 Å². The Bertz CT molecular complexity index is 658. The molecular weight excluding hydrogens is 306 g/mol. The van der Waals surface area contributed by atoms with Gasteiger partial charge in [-0.05, 0) is 30.4 Å². The summed E-state index contributed by atoms with van der Waals surface area (Å²) in [5.41, 5.74) is 0. The van der Waals surface area contributed by atoms with E-state index in [0.717, 1.165) is 6.42 Å². The molecule has 2 amide bonds. The highest BCUT2D eigenvalue weighted by Gasteiger charge is 2.60. The molecule has 6 nitrogen and oxygen atoms in total. The third-order valence-electron chi connectivity index (χ3n) is 4.47. The van der Waals surface area contributed by atoms with Crippen molar-refractivity contribution in [3.05, 3.63) is 42.5 Å². The van der Waals surface area contributed by atoms with E-state index in [0.29, 0.717) is 10.8 Å². The molecule has 0 aromatic heterocycles. The van der Waals surface area contributed by atoms with Crippen molar-refractivity contribution in [3.8, 4) is 5.75 Å². The summed E-state index contributed by atoms with van der Waals surface area (Å²) in [6, 6.07) is 8.43. The summed E-state index contributed by atoms with van der Waals surface area (Å²) in [5, 5.41) is 0.626. The molecule has 2 aliphatic carbocycles. The average molecular weight is 319 g/mol. The van der Waals surface area contributed by atoms with E-state index < -0.39 is 23.2 Å². The van der Waals surface area contributed by atoms with Crippen molar-refractivity contribution in [1.82, 2.24) is 5.06 Å². The van der Waals surface area contributed by atoms with E-state index >= 15 is 0 Å². The topological polar surface area (TPSA) is 72.9 Å². The molecule has 5 unspecified atom stereocenters. The molecule has 4 rings (SSSR count). The predicted molar refractivity (Wildman–Crippen MR) is 75.9 cm³/mol. The summed E-state index contributed by atoms with van der Waals surface area (Å²) in [6.07, 6.45) is 4.81. The SMILES string of the molecule is O=C1C2C3C=CC(C3)C2C(=O)N1OS(=O)Oc1ccccc1. The van der Waals surface area contributed by atoms with Gasteiger partial charge in [0.25, 0.3) is 11.8 Å². The Balaban J connectivity index is 1.47. The molecule has 1 heterocycles. The normalized spacial score (nSPS) is 33.4. The number of benzene rings is 1. The number of imide groups is 1. The number of allylic oxidation sites excluding steroid dienone is 2. The Labute approximate surface area is 129 Å². The van der Waals surface area contributed by atoms with E-state index in [4.69, 9.17) is 8.47 Å². The number of hydrogen-bond acceptors (Lipinski definition) is 5. The summed E-state index contributed by atoms with van der Waals surface area (Å²) in [7, 11) is 0. The number of hydroxylamine groups is 2. The van der Waals surface area contributed by atoms with Gasteiger partial charge in [0.2, 0.25) is 0 Å². The lowest BCUT2D eigenvalue weighted by atomic mass is 9.85. The molecule has 1 saturated heterocycles. The van der Waals surface area contributed by atoms with Crippen molar-refractivity contribution in [1.29, 1.82) is 0 Å². The minimum atomic E-state index is -2.25. The molecule has 2 fully saturated rings. The highest BCUT2D eigenvalue weighted by molar-refractivity contribution is 7.75. The Hall–Kier alpha value is -1.99. The van der Waals surface area contributed by atoms with Gasteiger partial charge in [-0.3, -0.25) is 9.59 Å². The van der Waals surface area contributed by atoms with Gasteiger partial charge in [-0.25, -0.2) is 0 Å². The van der Waals surface area contributed by atoms with Crippen molar-refractivity contribution in [2.45, 2.75) is 6.42 Å². The summed E-state index contributed by atoms with van der Waals surface area (Å²) in [5.74, 6) is -1.09. The Kier molecular flexibility index (Phi) is 3.12. The lowest BCUT2D eigenvalue weighted by Gasteiger charge is -2.14. The monoisotopic (exact) mass is 319 g/mol. The number of nitrogens with zero attached hydrogens (tertiary/aromatic N) is 1. The van der Waals surface area contributed by atoms with Crippen LogP contribution in [-0.4, -0.2) is 21.1 Å². The van der Waals surface area contributed by atoms with Crippen LogP contribution in [0.1, 0.15) is 6.42 Å². The second-order valence-corrected chi connectivity index (χ2v) is 6.37. The standard InChI is InChI=1S/C15H13NO5S/c17-14-12-9-6-7-10(8-9)13(12)15(18)16(14)21-22(19)20-11-4-2-1-3-5-11/h1-7,9-10,12-13H,8H2. The molecule has 0 N–H and O–H groups in total. The van der Waals surface area contributed by atoms with Crippen LogP contribution in [0.4, 0.5) is 0 Å². The molecule has 1 aromatic rings. The molecule has 22 heavy (non-hydrogen) atoms. The predicted octanol–water partition coefficient (Wildman–Crippen LogP) is 1.38. The van der Waals surface area contributed by atoms with Crippen molar-refractivity contribution in [3.63, 3.8) is 0 Å². The third-order valence-corrected chi connectivity index (χ3v) is 5.07. The minimum absolute atomic E-state index is 0.0866. The van der Waals surface area contributed by atoms with Gasteiger partial charge in [0.15, 0.2) is 0 Å². The first-order chi connectivity index (χ1) is 10.6. The maximum Gasteiger partial charge on any atom is 0.383 e. The van der Waals surface area contributed by atoms with E-state index in [9.17, 15) is 13.8 Å². The van der Waals surface area contributed by atoms with Crippen molar-refractivity contribution in [2.75, 3.05) is 0 Å². The van der Waals surface area contributed by atoms with Gasteiger partial charge in [0, 0.05) is 0 Å². The molecule has 114 valence electrons. The van der Waals surface area contributed by atoms with Crippen molar-refractivity contribution in [2.24, 2.45) is 23.7 Å². The number of rotatable bonds is 4. The largest absolute Gasteiger partial charge is 0.383 e. The van der Waals surface area contributed by atoms with Gasteiger partial charge >= 0.3 is 11.4 Å². The first-order valence-electron chi connectivity index (χ1n) is 7.05. The fourth-order valence-electron chi connectivity index (χ4n) is 3.58. The van der Waals surface area contributed by atoms with Crippen LogP contribution < -0.4 is 4.18 Å². The third kappa shape index (κ3) is 2.00. The van der Waals surface area contributed by atoms with E-state index in [2.05, 4.69) is 0 Å². The number of amides is 2. The van der Waals surface area contributed by atoms with Crippen LogP contribution in [0.3, 0.4) is 0 Å². The highest BCUT2D eigenvalue weighted by atomic mass is 32.2. The van der Waals surface area contributed by atoms with Crippen LogP contribution in [0.15, 0.2) is 42.5 Å².